The maximum absolute atomic E-state index is 5.85. The van der Waals surface area contributed by atoms with E-state index in [0.29, 0.717) is 24.3 Å². The fourth-order valence-electron chi connectivity index (χ4n) is 2.86. The Balaban J connectivity index is 1.40. The molecule has 0 radical (unpaired) electrons. The fourth-order valence-corrected chi connectivity index (χ4v) is 2.86. The van der Waals surface area contributed by atoms with Crippen LogP contribution < -0.4 is 11.1 Å². The normalized spacial score (nSPS) is 19.7. The molecular weight excluding hydrogens is 302 g/mol. The lowest BCUT2D eigenvalue weighted by atomic mass is 9.79. The van der Waals surface area contributed by atoms with E-state index in [1.54, 1.807) is 6.33 Å². The molecule has 2 heterocycles. The molecular formula is C17H19N7. The fraction of sp³-hybridized carbons (Fsp3) is 0.294. The van der Waals surface area contributed by atoms with E-state index in [1.807, 2.05) is 36.4 Å². The van der Waals surface area contributed by atoms with Crippen LogP contribution in [0.2, 0.25) is 0 Å². The van der Waals surface area contributed by atoms with Crippen molar-refractivity contribution in [3.05, 3.63) is 54.2 Å². The quantitative estimate of drug-likeness (QED) is 0.664. The van der Waals surface area contributed by atoms with E-state index in [-0.39, 0.29) is 0 Å². The van der Waals surface area contributed by atoms with E-state index in [0.717, 1.165) is 35.7 Å². The van der Waals surface area contributed by atoms with Gasteiger partial charge in [-0.05, 0) is 12.8 Å². The van der Waals surface area contributed by atoms with Crippen LogP contribution in [-0.4, -0.2) is 31.2 Å². The van der Waals surface area contributed by atoms with Gasteiger partial charge in [-0.25, -0.2) is 15.0 Å². The number of nitrogens with zero attached hydrogens (tertiary/aromatic N) is 4. The Morgan fingerprint density at radius 2 is 2.00 bits per heavy atom. The summed E-state index contributed by atoms with van der Waals surface area (Å²) in [5, 5.41) is 10.5. The minimum absolute atomic E-state index is 0.312. The van der Waals surface area contributed by atoms with Gasteiger partial charge in [0.1, 0.15) is 18.0 Å². The summed E-state index contributed by atoms with van der Waals surface area (Å²) in [7, 11) is 0. The molecule has 1 aromatic carbocycles. The highest BCUT2D eigenvalue weighted by Gasteiger charge is 2.28. The molecule has 7 heteroatoms. The number of hydrogen-bond donors (Lipinski definition) is 3. The van der Waals surface area contributed by atoms with Crippen LogP contribution in [0.15, 0.2) is 42.7 Å². The molecule has 0 spiro atoms. The Bertz CT molecular complexity index is 809. The number of hydrogen-bond acceptors (Lipinski definition) is 6. The van der Waals surface area contributed by atoms with Crippen LogP contribution in [0.1, 0.15) is 30.3 Å². The van der Waals surface area contributed by atoms with Crippen LogP contribution in [-0.2, 0) is 6.54 Å². The van der Waals surface area contributed by atoms with Gasteiger partial charge in [-0.3, -0.25) is 5.10 Å². The summed E-state index contributed by atoms with van der Waals surface area (Å²) in [5.74, 6) is 2.70. The van der Waals surface area contributed by atoms with Crippen molar-refractivity contribution >= 4 is 5.82 Å². The molecule has 0 saturated heterocycles. The summed E-state index contributed by atoms with van der Waals surface area (Å²) >= 11 is 0. The Labute approximate surface area is 139 Å². The topological polar surface area (TPSA) is 105 Å². The molecule has 1 aliphatic carbocycles. The standard InChI is InChI=1S/C17H19N7/c18-13-6-12(7-13)14-8-15(21-10-20-14)19-9-16-22-17(24-23-16)11-4-2-1-3-5-11/h1-5,8,10,12-13H,6-7,9,18H2,(H,19,20,21)(H,22,23,24). The van der Waals surface area contributed by atoms with Crippen molar-refractivity contribution < 1.29 is 0 Å². The molecule has 2 aromatic heterocycles. The minimum atomic E-state index is 0.312. The van der Waals surface area contributed by atoms with Crippen LogP contribution >= 0.6 is 0 Å². The van der Waals surface area contributed by atoms with Gasteiger partial charge in [-0.2, -0.15) is 5.10 Å². The molecule has 0 unspecified atom stereocenters. The molecule has 0 atom stereocenters. The Morgan fingerprint density at radius 1 is 1.17 bits per heavy atom. The van der Waals surface area contributed by atoms with Gasteiger partial charge in [0.05, 0.1) is 6.54 Å². The zero-order valence-electron chi connectivity index (χ0n) is 13.2. The van der Waals surface area contributed by atoms with E-state index in [1.165, 1.54) is 0 Å². The second-order valence-corrected chi connectivity index (χ2v) is 6.08. The Morgan fingerprint density at radius 3 is 2.79 bits per heavy atom. The minimum Gasteiger partial charge on any atom is -0.363 e. The van der Waals surface area contributed by atoms with E-state index in [9.17, 15) is 0 Å². The highest BCUT2D eigenvalue weighted by atomic mass is 15.2. The van der Waals surface area contributed by atoms with Gasteiger partial charge in [0.25, 0.3) is 0 Å². The first-order valence-electron chi connectivity index (χ1n) is 8.06. The van der Waals surface area contributed by atoms with Crippen molar-refractivity contribution in [3.8, 4) is 11.4 Å². The monoisotopic (exact) mass is 321 g/mol. The third-order valence-electron chi connectivity index (χ3n) is 4.28. The van der Waals surface area contributed by atoms with Gasteiger partial charge in [-0.1, -0.05) is 30.3 Å². The number of aromatic nitrogens is 5. The summed E-state index contributed by atoms with van der Waals surface area (Å²) < 4.78 is 0. The molecule has 24 heavy (non-hydrogen) atoms. The van der Waals surface area contributed by atoms with Gasteiger partial charge < -0.3 is 11.1 Å². The lowest BCUT2D eigenvalue weighted by Crippen LogP contribution is -2.35. The molecule has 1 fully saturated rings. The molecule has 1 saturated carbocycles. The third-order valence-corrected chi connectivity index (χ3v) is 4.28. The zero-order valence-corrected chi connectivity index (χ0v) is 13.2. The lowest BCUT2D eigenvalue weighted by molar-refractivity contribution is 0.345. The average molecular weight is 321 g/mol. The summed E-state index contributed by atoms with van der Waals surface area (Å²) in [6.45, 7) is 0.528. The van der Waals surface area contributed by atoms with Crippen molar-refractivity contribution in [1.82, 2.24) is 25.1 Å². The van der Waals surface area contributed by atoms with Crippen molar-refractivity contribution in [2.24, 2.45) is 5.73 Å². The molecule has 0 aliphatic heterocycles. The first-order valence-corrected chi connectivity index (χ1v) is 8.06. The predicted octanol–water partition coefficient (Wildman–Crippen LogP) is 2.08. The average Bonchev–Trinajstić information content (AvgIpc) is 3.07. The smallest absolute Gasteiger partial charge is 0.181 e. The van der Waals surface area contributed by atoms with Gasteiger partial charge >= 0.3 is 0 Å². The van der Waals surface area contributed by atoms with Crippen molar-refractivity contribution in [3.63, 3.8) is 0 Å². The van der Waals surface area contributed by atoms with Gasteiger partial charge in [0, 0.05) is 29.3 Å². The molecule has 1 aliphatic rings. The molecule has 4 N–H and O–H groups in total. The van der Waals surface area contributed by atoms with Gasteiger partial charge in [0.15, 0.2) is 5.82 Å². The van der Waals surface area contributed by atoms with Gasteiger partial charge in [0.2, 0.25) is 0 Å². The van der Waals surface area contributed by atoms with Crippen LogP contribution in [0, 0.1) is 0 Å². The number of anilines is 1. The van der Waals surface area contributed by atoms with E-state index in [2.05, 4.69) is 30.5 Å². The summed E-state index contributed by atoms with van der Waals surface area (Å²) in [6.07, 6.45) is 3.59. The summed E-state index contributed by atoms with van der Waals surface area (Å²) in [6, 6.07) is 12.2. The summed E-state index contributed by atoms with van der Waals surface area (Å²) in [4.78, 5) is 13.1. The third kappa shape index (κ3) is 3.11. The maximum atomic E-state index is 5.85. The van der Waals surface area contributed by atoms with Crippen molar-refractivity contribution in [1.29, 1.82) is 0 Å². The number of H-pyrrole nitrogens is 1. The van der Waals surface area contributed by atoms with Gasteiger partial charge in [-0.15, -0.1) is 0 Å². The second kappa shape index (κ2) is 6.37. The Hall–Kier alpha value is -2.80. The van der Waals surface area contributed by atoms with E-state index in [4.69, 9.17) is 5.73 Å². The summed E-state index contributed by atoms with van der Waals surface area (Å²) in [5.41, 5.74) is 7.89. The number of aromatic amines is 1. The largest absolute Gasteiger partial charge is 0.363 e. The maximum Gasteiger partial charge on any atom is 0.181 e. The van der Waals surface area contributed by atoms with Crippen LogP contribution in [0.5, 0.6) is 0 Å². The van der Waals surface area contributed by atoms with Crippen LogP contribution in [0.3, 0.4) is 0 Å². The Kier molecular flexibility index (Phi) is 3.92. The van der Waals surface area contributed by atoms with Crippen LogP contribution in [0.25, 0.3) is 11.4 Å². The molecule has 122 valence electrons. The molecule has 3 aromatic rings. The molecule has 0 amide bonds. The number of nitrogens with two attached hydrogens (primary N) is 1. The lowest BCUT2D eigenvalue weighted by Gasteiger charge is -2.31. The van der Waals surface area contributed by atoms with Crippen molar-refractivity contribution in [2.45, 2.75) is 31.3 Å². The molecule has 7 nitrogen and oxygen atoms in total. The molecule has 0 bridgehead atoms. The van der Waals surface area contributed by atoms with E-state index >= 15 is 0 Å². The van der Waals surface area contributed by atoms with E-state index < -0.39 is 0 Å². The number of benzene rings is 1. The first-order chi connectivity index (χ1) is 11.8. The first kappa shape index (κ1) is 14.8. The van der Waals surface area contributed by atoms with Crippen molar-refractivity contribution in [2.75, 3.05) is 5.32 Å². The van der Waals surface area contributed by atoms with Crippen LogP contribution in [0.4, 0.5) is 5.82 Å². The second-order valence-electron chi connectivity index (χ2n) is 6.08. The number of rotatable bonds is 5. The SMILES string of the molecule is NC1CC(c2cc(NCc3nc(-c4ccccc4)n[nH]3)ncn2)C1. The number of nitrogens with one attached hydrogen (secondary N) is 2. The zero-order chi connectivity index (χ0) is 16.4. The molecule has 4 rings (SSSR count). The highest BCUT2D eigenvalue weighted by Crippen LogP contribution is 2.34. The highest BCUT2D eigenvalue weighted by molar-refractivity contribution is 5.53. The predicted molar refractivity (Wildman–Crippen MR) is 91.1 cm³/mol.